The maximum Gasteiger partial charge on any atom is -1.00 e. The molecule has 2 unspecified atom stereocenters. The number of rotatable bonds is 0. The van der Waals surface area contributed by atoms with Crippen LogP contribution in [0, 0.1) is 17.3 Å². The van der Waals surface area contributed by atoms with E-state index in [0.717, 1.165) is 0 Å². The molecule has 3 rings (SSSR count). The van der Waals surface area contributed by atoms with E-state index < -0.39 is 0 Å². The van der Waals surface area contributed by atoms with Gasteiger partial charge in [0, 0.05) is 0 Å². The van der Waals surface area contributed by atoms with Gasteiger partial charge in [0.25, 0.3) is 0 Å². The Bertz CT molecular complexity index is 590. The Hall–Kier alpha value is 0.254. The second kappa shape index (κ2) is 6.28. The minimum absolute atomic E-state index is 0. The van der Waals surface area contributed by atoms with E-state index in [1.807, 2.05) is 7.76 Å². The first-order valence-corrected chi connectivity index (χ1v) is 9.29. The van der Waals surface area contributed by atoms with Gasteiger partial charge in [-0.1, -0.05) is 0 Å². The van der Waals surface area contributed by atoms with Crippen molar-refractivity contribution in [2.24, 2.45) is 17.3 Å². The van der Waals surface area contributed by atoms with Crippen molar-refractivity contribution in [1.82, 2.24) is 0 Å². The third-order valence-corrected chi connectivity index (χ3v) is 9.23. The summed E-state index contributed by atoms with van der Waals surface area (Å²) in [5, 5.41) is 0. The molecule has 3 aliphatic rings. The first kappa shape index (κ1) is 20.3. The third kappa shape index (κ3) is 2.37. The number of fused-ring (bicyclic) bond motifs is 2. The van der Waals surface area contributed by atoms with E-state index in [2.05, 4.69) is 55.4 Å². The van der Waals surface area contributed by atoms with Gasteiger partial charge in [0.1, 0.15) is 0 Å². The summed E-state index contributed by atoms with van der Waals surface area (Å²) in [5.41, 5.74) is 10.1. The number of hydrogen-bond acceptors (Lipinski definition) is 0. The molecule has 0 amide bonds. The molecular formula is C19H26Cl2Ti. The molecule has 22 heavy (non-hydrogen) atoms. The standard InChI is InChI=1S/C19H26.2ClH.Ti/c1-11-9-17(15(5)13(11)3)19(7,8)18-10-12(2)14(4)16(18)6;;;/h17-18H,1-8H3;2*1H;/q;;;+2/p-2. The predicted molar refractivity (Wildman–Crippen MR) is 82.9 cm³/mol. The molecule has 1 saturated heterocycles. The van der Waals surface area contributed by atoms with Gasteiger partial charge in [-0.2, -0.15) is 0 Å². The van der Waals surface area contributed by atoms with E-state index in [9.17, 15) is 0 Å². The maximum atomic E-state index is 2.51. The molecule has 0 saturated carbocycles. The van der Waals surface area contributed by atoms with Crippen molar-refractivity contribution < 1.29 is 44.0 Å². The summed E-state index contributed by atoms with van der Waals surface area (Å²) in [4.78, 5) is 0. The van der Waals surface area contributed by atoms with Crippen LogP contribution in [-0.2, 0) is 19.2 Å². The molecule has 0 N–H and O–H groups in total. The van der Waals surface area contributed by atoms with Crippen LogP contribution in [-0.4, -0.2) is 0 Å². The molecule has 0 nitrogen and oxygen atoms in total. The fraction of sp³-hybridized carbons (Fsp3) is 0.579. The Morgan fingerprint density at radius 2 is 0.955 bits per heavy atom. The van der Waals surface area contributed by atoms with E-state index in [-0.39, 0.29) is 44.0 Å². The van der Waals surface area contributed by atoms with Gasteiger partial charge in [-0.3, -0.25) is 0 Å². The van der Waals surface area contributed by atoms with Crippen molar-refractivity contribution in [3.8, 4) is 0 Å². The predicted octanol–water partition coefficient (Wildman–Crippen LogP) is -0.403. The van der Waals surface area contributed by atoms with Crippen LogP contribution in [0.5, 0.6) is 0 Å². The van der Waals surface area contributed by atoms with Gasteiger partial charge < -0.3 is 24.8 Å². The summed E-state index contributed by atoms with van der Waals surface area (Å²) in [6.07, 6.45) is 0. The van der Waals surface area contributed by atoms with Gasteiger partial charge in [0.05, 0.1) is 0 Å². The summed E-state index contributed by atoms with van der Waals surface area (Å²) in [7, 11) is 0. The van der Waals surface area contributed by atoms with Gasteiger partial charge in [-0.25, -0.2) is 0 Å². The van der Waals surface area contributed by atoms with Crippen LogP contribution in [0.15, 0.2) is 41.2 Å². The van der Waals surface area contributed by atoms with E-state index in [1.54, 1.807) is 33.4 Å². The molecule has 1 heterocycles. The van der Waals surface area contributed by atoms with Crippen LogP contribution in [0.4, 0.5) is 0 Å². The van der Waals surface area contributed by atoms with E-state index in [1.165, 1.54) is 0 Å². The molecule has 0 aromatic heterocycles. The third-order valence-electron chi connectivity index (χ3n) is 6.32. The van der Waals surface area contributed by atoms with E-state index in [0.29, 0.717) is 17.3 Å². The van der Waals surface area contributed by atoms with Crippen molar-refractivity contribution >= 4 is 0 Å². The molecule has 2 atom stereocenters. The van der Waals surface area contributed by atoms with Crippen molar-refractivity contribution in [3.63, 3.8) is 0 Å². The van der Waals surface area contributed by atoms with Crippen molar-refractivity contribution in [2.45, 2.75) is 55.4 Å². The van der Waals surface area contributed by atoms with E-state index in [4.69, 9.17) is 0 Å². The van der Waals surface area contributed by atoms with Crippen LogP contribution in [0.25, 0.3) is 0 Å². The minimum Gasteiger partial charge on any atom is -1.00 e. The second-order valence-electron chi connectivity index (χ2n) is 7.51. The Morgan fingerprint density at radius 1 is 0.636 bits per heavy atom. The zero-order chi connectivity index (χ0) is 15.0. The molecule has 2 aliphatic carbocycles. The van der Waals surface area contributed by atoms with Gasteiger partial charge in [-0.05, 0) is 0 Å². The van der Waals surface area contributed by atoms with Crippen LogP contribution in [0.2, 0.25) is 0 Å². The van der Waals surface area contributed by atoms with Crippen molar-refractivity contribution in [3.05, 3.63) is 41.2 Å². The minimum atomic E-state index is -0.103. The molecular weight excluding hydrogens is 347 g/mol. The SMILES string of the molecule is CC1=C(C)C2[C](=C1C)[Ti+2][C]1=C(C)C(C)=C(C)C1C2(C)C.[Cl-].[Cl-]. The summed E-state index contributed by atoms with van der Waals surface area (Å²) >= 11 is -0.103. The van der Waals surface area contributed by atoms with Gasteiger partial charge in [-0.15, -0.1) is 0 Å². The molecule has 0 aromatic rings. The van der Waals surface area contributed by atoms with Gasteiger partial charge in [0.15, 0.2) is 0 Å². The molecule has 3 heteroatoms. The Balaban J connectivity index is 0.00000121. The zero-order valence-electron chi connectivity index (χ0n) is 14.9. The first-order chi connectivity index (χ1) is 9.19. The normalized spacial score (nSPS) is 28.7. The molecule has 0 spiro atoms. The number of hydrogen-bond donors (Lipinski definition) is 0. The molecule has 1 aliphatic heterocycles. The smallest absolute Gasteiger partial charge is 1.00 e. The average Bonchev–Trinajstić information content (AvgIpc) is 2.73. The second-order valence-corrected chi connectivity index (χ2v) is 9.58. The van der Waals surface area contributed by atoms with Crippen molar-refractivity contribution in [1.29, 1.82) is 0 Å². The fourth-order valence-electron chi connectivity index (χ4n) is 4.80. The Kier molecular flexibility index (Phi) is 5.80. The summed E-state index contributed by atoms with van der Waals surface area (Å²) in [5.74, 6) is 1.43. The number of halogens is 2. The van der Waals surface area contributed by atoms with Crippen LogP contribution in [0.3, 0.4) is 0 Å². The molecule has 1 fully saturated rings. The van der Waals surface area contributed by atoms with Crippen LogP contribution in [0.1, 0.15) is 55.4 Å². The van der Waals surface area contributed by atoms with Gasteiger partial charge >= 0.3 is 133 Å². The topological polar surface area (TPSA) is 0 Å². The number of allylic oxidation sites excluding steroid dienone is 8. The zero-order valence-corrected chi connectivity index (χ0v) is 18.0. The van der Waals surface area contributed by atoms with Crippen LogP contribution >= 0.6 is 0 Å². The van der Waals surface area contributed by atoms with Crippen LogP contribution < -0.4 is 24.8 Å². The fourth-order valence-corrected chi connectivity index (χ4v) is 8.71. The summed E-state index contributed by atoms with van der Waals surface area (Å²) in [6.45, 7) is 19.2. The van der Waals surface area contributed by atoms with Gasteiger partial charge in [0.2, 0.25) is 0 Å². The maximum absolute atomic E-state index is 2.51. The Morgan fingerprint density at radius 3 is 1.27 bits per heavy atom. The molecule has 120 valence electrons. The average molecular weight is 373 g/mol. The molecule has 0 bridgehead atoms. The van der Waals surface area contributed by atoms with Crippen molar-refractivity contribution in [2.75, 3.05) is 0 Å². The van der Waals surface area contributed by atoms with E-state index >= 15 is 0 Å². The molecule has 0 radical (unpaired) electrons. The largest absolute Gasteiger partial charge is 1.00 e. The molecule has 0 aromatic carbocycles. The Labute approximate surface area is 157 Å². The first-order valence-electron chi connectivity index (χ1n) is 7.73. The summed E-state index contributed by atoms with van der Waals surface area (Å²) in [6, 6.07) is 0. The summed E-state index contributed by atoms with van der Waals surface area (Å²) < 4.78 is 3.66. The quantitative estimate of drug-likeness (QED) is 0.507. The monoisotopic (exact) mass is 372 g/mol.